The van der Waals surface area contributed by atoms with Crippen molar-refractivity contribution in [3.63, 3.8) is 0 Å². The van der Waals surface area contributed by atoms with Gasteiger partial charge in [-0.15, -0.1) is 0 Å². The van der Waals surface area contributed by atoms with Crippen LogP contribution in [0.5, 0.6) is 0 Å². The first-order valence-corrected chi connectivity index (χ1v) is 5.71. The lowest BCUT2D eigenvalue weighted by Gasteiger charge is -2.04. The van der Waals surface area contributed by atoms with Crippen LogP contribution < -0.4 is 11.3 Å². The van der Waals surface area contributed by atoms with E-state index in [1.807, 2.05) is 6.07 Å². The molecule has 0 saturated heterocycles. The van der Waals surface area contributed by atoms with Crippen LogP contribution in [0.2, 0.25) is 0 Å². The van der Waals surface area contributed by atoms with E-state index in [9.17, 15) is 9.59 Å². The maximum atomic E-state index is 11.3. The van der Waals surface area contributed by atoms with Gasteiger partial charge in [0.15, 0.2) is 5.78 Å². The summed E-state index contributed by atoms with van der Waals surface area (Å²) in [5.74, 6) is 4.62. The highest BCUT2D eigenvalue weighted by Gasteiger charge is 2.06. The topological polar surface area (TPSA) is 85.1 Å². The number of hydrogen-bond donors (Lipinski definition) is 2. The SMILES string of the molecule is CC(=O)c1cccc(-c2ccc(C(=O)NN)cc2)n1. The van der Waals surface area contributed by atoms with Crippen molar-refractivity contribution in [2.45, 2.75) is 6.92 Å². The van der Waals surface area contributed by atoms with Crippen LogP contribution in [0.1, 0.15) is 27.8 Å². The number of pyridine rings is 1. The lowest BCUT2D eigenvalue weighted by Crippen LogP contribution is -2.29. The molecule has 0 unspecified atom stereocenters. The first-order chi connectivity index (χ1) is 9.11. The number of amides is 1. The molecule has 0 aliphatic heterocycles. The van der Waals surface area contributed by atoms with Crippen LogP contribution in [0.25, 0.3) is 11.3 Å². The lowest BCUT2D eigenvalue weighted by atomic mass is 10.1. The summed E-state index contributed by atoms with van der Waals surface area (Å²) in [4.78, 5) is 26.9. The zero-order valence-corrected chi connectivity index (χ0v) is 10.4. The summed E-state index contributed by atoms with van der Waals surface area (Å²) in [5, 5.41) is 0. The normalized spacial score (nSPS) is 10.0. The van der Waals surface area contributed by atoms with Crippen LogP contribution in [0.15, 0.2) is 42.5 Å². The summed E-state index contributed by atoms with van der Waals surface area (Å²) in [7, 11) is 0. The molecule has 1 amide bonds. The van der Waals surface area contributed by atoms with Gasteiger partial charge in [-0.05, 0) is 24.3 Å². The van der Waals surface area contributed by atoms with E-state index < -0.39 is 0 Å². The van der Waals surface area contributed by atoms with Crippen LogP contribution in [-0.4, -0.2) is 16.7 Å². The van der Waals surface area contributed by atoms with Gasteiger partial charge in [0.1, 0.15) is 5.69 Å². The summed E-state index contributed by atoms with van der Waals surface area (Å²) in [6.07, 6.45) is 0. The molecule has 19 heavy (non-hydrogen) atoms. The maximum absolute atomic E-state index is 11.3. The van der Waals surface area contributed by atoms with E-state index in [2.05, 4.69) is 10.4 Å². The minimum atomic E-state index is -0.350. The molecule has 0 spiro atoms. The van der Waals surface area contributed by atoms with Crippen LogP contribution in [0.4, 0.5) is 0 Å². The molecule has 0 fully saturated rings. The Hall–Kier alpha value is -2.53. The van der Waals surface area contributed by atoms with Crippen LogP contribution in [0.3, 0.4) is 0 Å². The predicted molar refractivity (Wildman–Crippen MR) is 71.3 cm³/mol. The van der Waals surface area contributed by atoms with E-state index >= 15 is 0 Å². The Morgan fingerprint density at radius 3 is 2.37 bits per heavy atom. The number of carbonyl (C=O) groups excluding carboxylic acids is 2. The number of hydrogen-bond acceptors (Lipinski definition) is 4. The van der Waals surface area contributed by atoms with Crippen molar-refractivity contribution in [2.24, 2.45) is 5.84 Å². The summed E-state index contributed by atoms with van der Waals surface area (Å²) in [6, 6.07) is 12.1. The second kappa shape index (κ2) is 5.41. The Kier molecular flexibility index (Phi) is 3.68. The molecule has 0 bridgehead atoms. The van der Waals surface area contributed by atoms with Gasteiger partial charge >= 0.3 is 0 Å². The van der Waals surface area contributed by atoms with Crippen molar-refractivity contribution >= 4 is 11.7 Å². The fourth-order valence-electron chi connectivity index (χ4n) is 1.67. The third-order valence-electron chi connectivity index (χ3n) is 2.68. The third-order valence-corrected chi connectivity index (χ3v) is 2.68. The summed E-state index contributed by atoms with van der Waals surface area (Å²) < 4.78 is 0. The van der Waals surface area contributed by atoms with E-state index in [0.29, 0.717) is 17.0 Å². The fourth-order valence-corrected chi connectivity index (χ4v) is 1.67. The summed E-state index contributed by atoms with van der Waals surface area (Å²) in [6.45, 7) is 1.47. The van der Waals surface area contributed by atoms with Gasteiger partial charge in [-0.2, -0.15) is 0 Å². The number of nitrogens with two attached hydrogens (primary N) is 1. The number of Topliss-reactive ketones (excluding diaryl/α,β-unsaturated/α-hetero) is 1. The minimum Gasteiger partial charge on any atom is -0.293 e. The van der Waals surface area contributed by atoms with Gasteiger partial charge in [0, 0.05) is 18.1 Å². The quantitative estimate of drug-likeness (QED) is 0.377. The second-order valence-corrected chi connectivity index (χ2v) is 4.02. The monoisotopic (exact) mass is 255 g/mol. The average molecular weight is 255 g/mol. The van der Waals surface area contributed by atoms with Crippen molar-refractivity contribution in [3.05, 3.63) is 53.7 Å². The molecule has 0 atom stereocenters. The Morgan fingerprint density at radius 1 is 1.11 bits per heavy atom. The Labute approximate surface area is 110 Å². The van der Waals surface area contributed by atoms with Crippen molar-refractivity contribution in [1.82, 2.24) is 10.4 Å². The molecule has 0 radical (unpaired) electrons. The molecule has 2 rings (SSSR count). The van der Waals surface area contributed by atoms with Crippen LogP contribution in [-0.2, 0) is 0 Å². The largest absolute Gasteiger partial charge is 0.293 e. The molecule has 3 N–H and O–H groups in total. The fraction of sp³-hybridized carbons (Fsp3) is 0.0714. The summed E-state index contributed by atoms with van der Waals surface area (Å²) in [5.41, 5.74) is 4.47. The van der Waals surface area contributed by atoms with E-state index in [-0.39, 0.29) is 11.7 Å². The number of nitrogens with one attached hydrogen (secondary N) is 1. The second-order valence-electron chi connectivity index (χ2n) is 4.02. The Balaban J connectivity index is 2.34. The number of ketones is 1. The first-order valence-electron chi connectivity index (χ1n) is 5.71. The molecule has 1 heterocycles. The number of nitrogen functional groups attached to an aromatic ring is 1. The zero-order valence-electron chi connectivity index (χ0n) is 10.4. The number of hydrazine groups is 1. The summed E-state index contributed by atoms with van der Waals surface area (Å²) >= 11 is 0. The van der Waals surface area contributed by atoms with Crippen molar-refractivity contribution in [1.29, 1.82) is 0 Å². The molecule has 0 aliphatic carbocycles. The van der Waals surface area contributed by atoms with Gasteiger partial charge in [0.25, 0.3) is 5.91 Å². The molecule has 1 aromatic heterocycles. The number of carbonyl (C=O) groups is 2. The molecular formula is C14H13N3O2. The maximum Gasteiger partial charge on any atom is 0.265 e. The van der Waals surface area contributed by atoms with Crippen molar-refractivity contribution < 1.29 is 9.59 Å². The van der Waals surface area contributed by atoms with Gasteiger partial charge < -0.3 is 0 Å². The van der Waals surface area contributed by atoms with Crippen LogP contribution >= 0.6 is 0 Å². The molecule has 0 aliphatic rings. The van der Waals surface area contributed by atoms with E-state index in [4.69, 9.17) is 5.84 Å². The van der Waals surface area contributed by atoms with Gasteiger partial charge in [-0.3, -0.25) is 15.0 Å². The highest BCUT2D eigenvalue weighted by Crippen LogP contribution is 2.18. The van der Waals surface area contributed by atoms with Gasteiger partial charge in [0.05, 0.1) is 5.69 Å². The number of nitrogens with zero attached hydrogens (tertiary/aromatic N) is 1. The molecular weight excluding hydrogens is 242 g/mol. The van der Waals surface area contributed by atoms with Crippen LogP contribution in [0, 0.1) is 0 Å². The van der Waals surface area contributed by atoms with Crippen molar-refractivity contribution in [2.75, 3.05) is 0 Å². The van der Waals surface area contributed by atoms with Gasteiger partial charge in [-0.1, -0.05) is 18.2 Å². The Bertz CT molecular complexity index is 621. The number of aromatic nitrogens is 1. The van der Waals surface area contributed by atoms with E-state index in [1.165, 1.54) is 6.92 Å². The predicted octanol–water partition coefficient (Wildman–Crippen LogP) is 1.55. The smallest absolute Gasteiger partial charge is 0.265 e. The molecule has 5 nitrogen and oxygen atoms in total. The van der Waals surface area contributed by atoms with Gasteiger partial charge in [0.2, 0.25) is 0 Å². The average Bonchev–Trinajstić information content (AvgIpc) is 2.46. The number of rotatable bonds is 3. The van der Waals surface area contributed by atoms with Crippen molar-refractivity contribution in [3.8, 4) is 11.3 Å². The first kappa shape index (κ1) is 12.9. The molecule has 2 aromatic rings. The standard InChI is InChI=1S/C14H13N3O2/c1-9(18)12-3-2-4-13(16-12)10-5-7-11(8-6-10)14(19)17-15/h2-8H,15H2,1H3,(H,17,19). The third kappa shape index (κ3) is 2.83. The molecule has 1 aromatic carbocycles. The molecule has 96 valence electrons. The minimum absolute atomic E-state index is 0.0824. The number of benzene rings is 1. The molecule has 0 saturated carbocycles. The van der Waals surface area contributed by atoms with E-state index in [0.717, 1.165) is 5.56 Å². The zero-order chi connectivity index (χ0) is 13.8. The highest BCUT2D eigenvalue weighted by atomic mass is 16.2. The van der Waals surface area contributed by atoms with E-state index in [1.54, 1.807) is 36.4 Å². The van der Waals surface area contributed by atoms with Gasteiger partial charge in [-0.25, -0.2) is 10.8 Å². The Morgan fingerprint density at radius 2 is 1.79 bits per heavy atom. The highest BCUT2D eigenvalue weighted by molar-refractivity contribution is 5.94. The lowest BCUT2D eigenvalue weighted by molar-refractivity contribution is 0.0952. The molecule has 5 heteroatoms.